The van der Waals surface area contributed by atoms with Gasteiger partial charge in [0, 0.05) is 6.61 Å². The van der Waals surface area contributed by atoms with Crippen molar-refractivity contribution in [2.24, 2.45) is 29.1 Å². The van der Waals surface area contributed by atoms with E-state index in [4.69, 9.17) is 0 Å². The van der Waals surface area contributed by atoms with Crippen LogP contribution in [0.25, 0.3) is 0 Å². The summed E-state index contributed by atoms with van der Waals surface area (Å²) in [6.45, 7) is 3.84. The molecule has 0 saturated heterocycles. The van der Waals surface area contributed by atoms with Crippen LogP contribution in [0.5, 0.6) is 0 Å². The van der Waals surface area contributed by atoms with E-state index in [9.17, 15) is 20.7 Å². The van der Waals surface area contributed by atoms with Gasteiger partial charge in [0.2, 0.25) is 0 Å². The Morgan fingerprint density at radius 1 is 1.20 bits per heavy atom. The fourth-order valence-electron chi connectivity index (χ4n) is 4.52. The highest BCUT2D eigenvalue weighted by Crippen LogP contribution is 2.57. The zero-order valence-electron chi connectivity index (χ0n) is 12.3. The molecule has 0 radical (unpaired) electrons. The van der Waals surface area contributed by atoms with Crippen LogP contribution in [-0.2, 0) is 0 Å². The van der Waals surface area contributed by atoms with E-state index in [1.54, 1.807) is 6.92 Å². The number of aliphatic hydroxyl groups excluding tert-OH is 1. The maximum absolute atomic E-state index is 10.5. The molecule has 2 rings (SSSR count). The number of aliphatic hydroxyl groups is 2. The Morgan fingerprint density at radius 3 is 2.45 bits per heavy atom. The van der Waals surface area contributed by atoms with E-state index in [0.29, 0.717) is 12.8 Å². The molecule has 0 amide bonds. The van der Waals surface area contributed by atoms with Gasteiger partial charge in [-0.1, -0.05) is 0 Å². The molecule has 0 aromatic carbocycles. The lowest BCUT2D eigenvalue weighted by Crippen LogP contribution is -2.54. The van der Waals surface area contributed by atoms with Crippen molar-refractivity contribution in [2.75, 3.05) is 6.61 Å². The Morgan fingerprint density at radius 2 is 1.90 bits per heavy atom. The van der Waals surface area contributed by atoms with Crippen LogP contribution in [0.3, 0.4) is 0 Å². The summed E-state index contributed by atoms with van der Waals surface area (Å²) in [4.78, 5) is 0. The van der Waals surface area contributed by atoms with E-state index in [1.807, 2.05) is 6.92 Å². The van der Waals surface area contributed by atoms with Gasteiger partial charge in [-0.15, -0.1) is 0 Å². The van der Waals surface area contributed by atoms with Gasteiger partial charge in [-0.3, -0.25) is 0 Å². The van der Waals surface area contributed by atoms with E-state index in [2.05, 4.69) is 12.1 Å². The number of fused-ring (bicyclic) bond motifs is 1. The molecule has 2 aliphatic rings. The molecular weight excluding hydrogens is 252 g/mol. The molecule has 0 heterocycles. The van der Waals surface area contributed by atoms with Crippen molar-refractivity contribution in [3.63, 3.8) is 0 Å². The average Bonchev–Trinajstić information content (AvgIpc) is 2.41. The molecule has 110 valence electrons. The second kappa shape index (κ2) is 5.35. The fourth-order valence-corrected chi connectivity index (χ4v) is 4.52. The van der Waals surface area contributed by atoms with Crippen molar-refractivity contribution < 1.29 is 10.2 Å². The quantitative estimate of drug-likeness (QED) is 0.809. The number of hydrogen-bond donors (Lipinski definition) is 2. The van der Waals surface area contributed by atoms with Gasteiger partial charge in [0.05, 0.1) is 29.1 Å². The first-order chi connectivity index (χ1) is 9.39. The molecule has 0 bridgehead atoms. The van der Waals surface area contributed by atoms with E-state index >= 15 is 0 Å². The van der Waals surface area contributed by atoms with Crippen molar-refractivity contribution >= 4 is 0 Å². The molecular formula is C16H24N2O2. The summed E-state index contributed by atoms with van der Waals surface area (Å²) in [6, 6.07) is 4.76. The molecule has 4 heteroatoms. The van der Waals surface area contributed by atoms with E-state index in [0.717, 1.165) is 19.3 Å². The van der Waals surface area contributed by atoms with E-state index in [-0.39, 0.29) is 24.4 Å². The summed E-state index contributed by atoms with van der Waals surface area (Å²) < 4.78 is 0. The van der Waals surface area contributed by atoms with Crippen LogP contribution in [-0.4, -0.2) is 22.4 Å². The number of hydrogen-bond acceptors (Lipinski definition) is 4. The minimum Gasteiger partial charge on any atom is -0.396 e. The smallest absolute Gasteiger partial charge is 0.0782 e. The highest BCUT2D eigenvalue weighted by Gasteiger charge is 2.56. The lowest BCUT2D eigenvalue weighted by Gasteiger charge is -2.54. The molecule has 2 N–H and O–H groups in total. The fraction of sp³-hybridized carbons (Fsp3) is 0.875. The summed E-state index contributed by atoms with van der Waals surface area (Å²) in [7, 11) is 0. The Kier molecular flexibility index (Phi) is 4.09. The van der Waals surface area contributed by atoms with Crippen molar-refractivity contribution in [2.45, 2.75) is 51.6 Å². The predicted octanol–water partition coefficient (Wildman–Crippen LogP) is 2.23. The van der Waals surface area contributed by atoms with Gasteiger partial charge in [-0.25, -0.2) is 0 Å². The van der Waals surface area contributed by atoms with Crippen LogP contribution in [0.4, 0.5) is 0 Å². The summed E-state index contributed by atoms with van der Waals surface area (Å²) in [5.41, 5.74) is -1.38. The molecule has 0 aromatic rings. The molecule has 4 nitrogen and oxygen atoms in total. The maximum atomic E-state index is 10.5. The Bertz CT molecular complexity index is 448. The van der Waals surface area contributed by atoms with Crippen LogP contribution >= 0.6 is 0 Å². The third-order valence-electron chi connectivity index (χ3n) is 5.77. The summed E-state index contributed by atoms with van der Waals surface area (Å²) in [6.07, 6.45) is 3.73. The zero-order chi connectivity index (χ0) is 15.0. The Labute approximate surface area is 121 Å². The summed E-state index contributed by atoms with van der Waals surface area (Å²) in [5.74, 6) is -0.0226. The average molecular weight is 276 g/mol. The van der Waals surface area contributed by atoms with Crippen LogP contribution in [0, 0.1) is 51.7 Å². The molecule has 6 atom stereocenters. The van der Waals surface area contributed by atoms with Crippen molar-refractivity contribution in [1.29, 1.82) is 10.5 Å². The predicted molar refractivity (Wildman–Crippen MR) is 74.1 cm³/mol. The van der Waals surface area contributed by atoms with Gasteiger partial charge in [-0.2, -0.15) is 10.5 Å². The summed E-state index contributed by atoms with van der Waals surface area (Å²) >= 11 is 0. The first-order valence-electron chi connectivity index (χ1n) is 7.53. The SMILES string of the molecule is C[C@]1(C#N)CC[C@H](CCO)[C@H]2[C@@H](C#N)[C@](C)(O)CC[C@@H]21. The summed E-state index contributed by atoms with van der Waals surface area (Å²) in [5, 5.41) is 38.9. The third-order valence-corrected chi connectivity index (χ3v) is 5.77. The molecule has 20 heavy (non-hydrogen) atoms. The first-order valence-corrected chi connectivity index (χ1v) is 7.53. The van der Waals surface area contributed by atoms with Gasteiger partial charge in [0.1, 0.15) is 0 Å². The normalized spacial score (nSPS) is 47.9. The first kappa shape index (κ1) is 15.3. The standard InChI is InChI=1S/C16H24N2O2/c1-15(10-18)6-3-11(5-8-19)14-12(15)4-7-16(2,20)13(14)9-17/h11-14,19-20H,3-8H2,1-2H3/t11-,12+,13-,14-,15-,16-/m1/s1. The van der Waals surface area contributed by atoms with Gasteiger partial charge >= 0.3 is 0 Å². The van der Waals surface area contributed by atoms with Gasteiger partial charge in [0.25, 0.3) is 0 Å². The third kappa shape index (κ3) is 2.32. The molecule has 2 saturated carbocycles. The molecule has 0 unspecified atom stereocenters. The monoisotopic (exact) mass is 276 g/mol. The minimum absolute atomic E-state index is 0.0225. The number of nitrogens with zero attached hydrogens (tertiary/aromatic N) is 2. The van der Waals surface area contributed by atoms with Crippen LogP contribution in [0.15, 0.2) is 0 Å². The van der Waals surface area contributed by atoms with Gasteiger partial charge in [0.15, 0.2) is 0 Å². The van der Waals surface area contributed by atoms with Crippen molar-refractivity contribution in [3.05, 3.63) is 0 Å². The van der Waals surface area contributed by atoms with Crippen LogP contribution in [0.2, 0.25) is 0 Å². The van der Waals surface area contributed by atoms with Crippen LogP contribution < -0.4 is 0 Å². The van der Waals surface area contributed by atoms with E-state index in [1.165, 1.54) is 0 Å². The topological polar surface area (TPSA) is 88.0 Å². The Balaban J connectivity index is 2.39. The maximum Gasteiger partial charge on any atom is 0.0782 e. The second-order valence-electron chi connectivity index (χ2n) is 7.03. The number of nitriles is 2. The number of rotatable bonds is 2. The molecule has 2 fully saturated rings. The highest BCUT2D eigenvalue weighted by molar-refractivity contribution is 5.14. The van der Waals surface area contributed by atoms with Crippen molar-refractivity contribution in [3.8, 4) is 12.1 Å². The van der Waals surface area contributed by atoms with Gasteiger partial charge in [-0.05, 0) is 63.7 Å². The highest BCUT2D eigenvalue weighted by atomic mass is 16.3. The zero-order valence-corrected chi connectivity index (χ0v) is 12.3. The largest absolute Gasteiger partial charge is 0.396 e. The van der Waals surface area contributed by atoms with Crippen molar-refractivity contribution in [1.82, 2.24) is 0 Å². The molecule has 0 aliphatic heterocycles. The van der Waals surface area contributed by atoms with E-state index < -0.39 is 16.9 Å². The molecule has 2 aliphatic carbocycles. The minimum atomic E-state index is -0.975. The lowest BCUT2D eigenvalue weighted by molar-refractivity contribution is -0.112. The van der Waals surface area contributed by atoms with Crippen LogP contribution in [0.1, 0.15) is 46.0 Å². The van der Waals surface area contributed by atoms with Gasteiger partial charge < -0.3 is 10.2 Å². The Hall–Kier alpha value is -1.10. The lowest BCUT2D eigenvalue weighted by atomic mass is 9.49. The molecule has 0 spiro atoms. The second-order valence-corrected chi connectivity index (χ2v) is 7.03. The molecule has 0 aromatic heterocycles.